The highest BCUT2D eigenvalue weighted by atomic mass is 16.3. The highest BCUT2D eigenvalue weighted by molar-refractivity contribution is 5.80. The zero-order valence-electron chi connectivity index (χ0n) is 17.8. The number of aryl methyl sites for hydroxylation is 1. The first-order chi connectivity index (χ1) is 15.7. The van der Waals surface area contributed by atoms with Gasteiger partial charge in [0.1, 0.15) is 17.6 Å². The van der Waals surface area contributed by atoms with Crippen molar-refractivity contribution >= 4 is 22.8 Å². The summed E-state index contributed by atoms with van der Waals surface area (Å²) >= 11 is 0. The van der Waals surface area contributed by atoms with Gasteiger partial charge in [0.25, 0.3) is 0 Å². The molecule has 8 heteroatoms. The fourth-order valence-corrected chi connectivity index (χ4v) is 4.30. The Hall–Kier alpha value is -3.78. The molecule has 0 radical (unpaired) electrons. The number of likely N-dealkylation sites (N-methyl/N-ethyl adjacent to an activating group) is 1. The molecule has 5 rings (SSSR count). The second-order valence-corrected chi connectivity index (χ2v) is 8.00. The molecule has 0 saturated heterocycles. The minimum atomic E-state index is -0.237. The number of nitroso groups, excluding NO2 is 1. The van der Waals surface area contributed by atoms with E-state index in [0.29, 0.717) is 6.54 Å². The van der Waals surface area contributed by atoms with Crippen molar-refractivity contribution in [3.63, 3.8) is 0 Å². The fourth-order valence-electron chi connectivity index (χ4n) is 4.30. The van der Waals surface area contributed by atoms with Gasteiger partial charge in [-0.05, 0) is 48.2 Å². The zero-order chi connectivity index (χ0) is 22.1. The third kappa shape index (κ3) is 3.58. The Morgan fingerprint density at radius 3 is 2.88 bits per heavy atom. The van der Waals surface area contributed by atoms with Gasteiger partial charge in [0, 0.05) is 42.9 Å². The van der Waals surface area contributed by atoms with E-state index in [1.54, 1.807) is 12.4 Å². The first-order valence-corrected chi connectivity index (χ1v) is 10.6. The summed E-state index contributed by atoms with van der Waals surface area (Å²) in [6.07, 6.45) is 6.98. The lowest BCUT2D eigenvalue weighted by Gasteiger charge is -2.18. The predicted molar refractivity (Wildman–Crippen MR) is 125 cm³/mol. The van der Waals surface area contributed by atoms with Crippen LogP contribution < -0.4 is 10.2 Å². The maximum absolute atomic E-state index is 11.1. The van der Waals surface area contributed by atoms with Gasteiger partial charge in [-0.3, -0.25) is 9.38 Å². The summed E-state index contributed by atoms with van der Waals surface area (Å²) in [6, 6.07) is 14.0. The second kappa shape index (κ2) is 8.39. The molecular weight excluding hydrogens is 404 g/mol. The molecule has 1 unspecified atom stereocenters. The number of benzene rings is 2. The molecule has 8 nitrogen and oxygen atoms in total. The van der Waals surface area contributed by atoms with Crippen LogP contribution in [0.2, 0.25) is 0 Å². The van der Waals surface area contributed by atoms with Crippen LogP contribution in [-0.2, 0) is 6.42 Å². The molecule has 162 valence electrons. The average molecular weight is 428 g/mol. The van der Waals surface area contributed by atoms with Crippen LogP contribution in [0.4, 0.5) is 17.2 Å². The highest BCUT2D eigenvalue weighted by Gasteiger charge is 2.23. The van der Waals surface area contributed by atoms with Crippen molar-refractivity contribution in [3.05, 3.63) is 77.1 Å². The summed E-state index contributed by atoms with van der Waals surface area (Å²) in [5.41, 5.74) is 6.70. The van der Waals surface area contributed by atoms with Crippen LogP contribution in [0.15, 0.2) is 66.2 Å². The Kier molecular flexibility index (Phi) is 5.28. The molecule has 1 aliphatic carbocycles. The van der Waals surface area contributed by atoms with Crippen LogP contribution in [0.25, 0.3) is 16.9 Å². The van der Waals surface area contributed by atoms with Crippen molar-refractivity contribution in [2.45, 2.75) is 18.9 Å². The number of nitrogens with zero attached hydrogens (tertiary/aromatic N) is 5. The maximum atomic E-state index is 11.1. The molecule has 2 N–H and O–H groups in total. The van der Waals surface area contributed by atoms with Crippen LogP contribution in [0, 0.1) is 4.91 Å². The van der Waals surface area contributed by atoms with Gasteiger partial charge < -0.3 is 15.3 Å². The molecular formula is C24H24N6O2. The van der Waals surface area contributed by atoms with Gasteiger partial charge in [0.15, 0.2) is 5.65 Å². The molecule has 0 fully saturated rings. The van der Waals surface area contributed by atoms with Crippen molar-refractivity contribution in [3.8, 4) is 11.3 Å². The smallest absolute Gasteiger partial charge is 0.157 e. The Labute approximate surface area is 185 Å². The Bertz CT molecular complexity index is 1270. The van der Waals surface area contributed by atoms with E-state index < -0.39 is 0 Å². The van der Waals surface area contributed by atoms with E-state index in [1.165, 1.54) is 0 Å². The molecule has 2 aromatic heterocycles. The largest absolute Gasteiger partial charge is 0.395 e. The van der Waals surface area contributed by atoms with Gasteiger partial charge in [-0.25, -0.2) is 4.98 Å². The Balaban J connectivity index is 1.52. The molecule has 2 heterocycles. The first kappa shape index (κ1) is 20.1. The normalized spacial score (nSPS) is 15.0. The van der Waals surface area contributed by atoms with Crippen molar-refractivity contribution in [1.29, 1.82) is 0 Å². The minimum Gasteiger partial charge on any atom is -0.395 e. The van der Waals surface area contributed by atoms with Crippen LogP contribution in [-0.4, -0.2) is 39.7 Å². The number of fused-ring (bicyclic) bond motifs is 2. The van der Waals surface area contributed by atoms with Gasteiger partial charge in [-0.15, -0.1) is 0 Å². The number of aromatic nitrogens is 3. The molecule has 1 aliphatic rings. The molecule has 2 aromatic carbocycles. The summed E-state index contributed by atoms with van der Waals surface area (Å²) in [5, 5.41) is 16.0. The number of aliphatic hydroxyl groups is 1. The lowest BCUT2D eigenvalue weighted by Crippen LogP contribution is -2.20. The van der Waals surface area contributed by atoms with Crippen molar-refractivity contribution in [2.75, 3.05) is 30.4 Å². The van der Waals surface area contributed by atoms with Gasteiger partial charge in [-0.2, -0.15) is 4.91 Å². The maximum Gasteiger partial charge on any atom is 0.157 e. The van der Waals surface area contributed by atoms with E-state index in [9.17, 15) is 10.0 Å². The summed E-state index contributed by atoms with van der Waals surface area (Å²) in [7, 11) is 1.95. The summed E-state index contributed by atoms with van der Waals surface area (Å²) < 4.78 is 1.98. The number of rotatable bonds is 7. The summed E-state index contributed by atoms with van der Waals surface area (Å²) in [6.45, 7) is 0.682. The zero-order valence-corrected chi connectivity index (χ0v) is 17.8. The van der Waals surface area contributed by atoms with Gasteiger partial charge in [0.05, 0.1) is 12.8 Å². The Morgan fingerprint density at radius 1 is 1.25 bits per heavy atom. The van der Waals surface area contributed by atoms with E-state index in [2.05, 4.69) is 21.5 Å². The van der Waals surface area contributed by atoms with E-state index >= 15 is 0 Å². The van der Waals surface area contributed by atoms with Crippen LogP contribution in [0.3, 0.4) is 0 Å². The molecule has 4 aromatic rings. The highest BCUT2D eigenvalue weighted by Crippen LogP contribution is 2.37. The minimum absolute atomic E-state index is 0.107. The molecule has 0 amide bonds. The van der Waals surface area contributed by atoms with Crippen molar-refractivity contribution in [2.24, 2.45) is 5.18 Å². The molecule has 0 spiro atoms. The predicted octanol–water partition coefficient (Wildman–Crippen LogP) is 4.32. The monoisotopic (exact) mass is 428 g/mol. The quantitative estimate of drug-likeness (QED) is 0.426. The number of aliphatic hydroxyl groups excluding tert-OH is 1. The van der Waals surface area contributed by atoms with Gasteiger partial charge >= 0.3 is 0 Å². The molecule has 0 bridgehead atoms. The van der Waals surface area contributed by atoms with Crippen LogP contribution in [0.5, 0.6) is 0 Å². The SMILES string of the molecule is CN(CCO)c1ccc(-c2nc3cnccn3c2Nc2ccc3c(c2)CCC3N=O)cc1. The van der Waals surface area contributed by atoms with E-state index in [0.717, 1.165) is 58.1 Å². The number of imidazole rings is 1. The third-order valence-electron chi connectivity index (χ3n) is 6.03. The van der Waals surface area contributed by atoms with Crippen molar-refractivity contribution < 1.29 is 5.11 Å². The van der Waals surface area contributed by atoms with E-state index in [1.807, 2.05) is 58.9 Å². The fraction of sp³-hybridized carbons (Fsp3) is 0.250. The van der Waals surface area contributed by atoms with Gasteiger partial charge in [0.2, 0.25) is 0 Å². The second-order valence-electron chi connectivity index (χ2n) is 8.00. The lowest BCUT2D eigenvalue weighted by atomic mass is 10.1. The van der Waals surface area contributed by atoms with E-state index in [4.69, 9.17) is 4.98 Å². The Morgan fingerprint density at radius 2 is 2.09 bits per heavy atom. The van der Waals surface area contributed by atoms with E-state index in [-0.39, 0.29) is 12.6 Å². The first-order valence-electron chi connectivity index (χ1n) is 10.6. The lowest BCUT2D eigenvalue weighted by molar-refractivity contribution is 0.304. The number of nitrogens with one attached hydrogen (secondary N) is 1. The van der Waals surface area contributed by atoms with Crippen LogP contribution >= 0.6 is 0 Å². The van der Waals surface area contributed by atoms with Crippen LogP contribution in [0.1, 0.15) is 23.6 Å². The standard InChI is InChI=1S/C24H24N6O2/c1-29(12-13-31)19-6-2-16(3-7-19)23-24(30-11-10-25-15-22(30)27-23)26-18-5-8-20-17(14-18)4-9-21(20)28-32/h2-3,5-8,10-11,14-15,21,26,31H,4,9,12-13H2,1H3. The summed E-state index contributed by atoms with van der Waals surface area (Å²) in [5.74, 6) is 0.849. The third-order valence-corrected chi connectivity index (χ3v) is 6.03. The molecule has 32 heavy (non-hydrogen) atoms. The number of hydrogen-bond donors (Lipinski definition) is 2. The number of hydrogen-bond acceptors (Lipinski definition) is 7. The van der Waals surface area contributed by atoms with Gasteiger partial charge in [-0.1, -0.05) is 23.4 Å². The molecule has 0 saturated carbocycles. The molecule has 0 aliphatic heterocycles. The average Bonchev–Trinajstić information content (AvgIpc) is 3.40. The number of anilines is 3. The molecule has 1 atom stereocenters. The topological polar surface area (TPSA) is 95.1 Å². The summed E-state index contributed by atoms with van der Waals surface area (Å²) in [4.78, 5) is 22.1. The van der Waals surface area contributed by atoms with Crippen molar-refractivity contribution in [1.82, 2.24) is 14.4 Å².